The van der Waals surface area contributed by atoms with E-state index in [-0.39, 0.29) is 18.2 Å². The second kappa shape index (κ2) is 5.44. The maximum Gasteiger partial charge on any atom is 0.407 e. The molecule has 0 aliphatic carbocycles. The number of amides is 1. The number of methoxy groups -OCH3 is 1. The van der Waals surface area contributed by atoms with Crippen molar-refractivity contribution in [1.29, 1.82) is 0 Å². The van der Waals surface area contributed by atoms with Crippen molar-refractivity contribution < 1.29 is 24.1 Å². The Hall–Kier alpha value is -1.82. The molecule has 0 saturated carbocycles. The van der Waals surface area contributed by atoms with Gasteiger partial charge in [-0.1, -0.05) is 6.07 Å². The number of carboxylic acid groups (broad SMARTS) is 1. The highest BCUT2D eigenvalue weighted by molar-refractivity contribution is 5.65. The van der Waals surface area contributed by atoms with Crippen LogP contribution in [-0.2, 0) is 0 Å². The summed E-state index contributed by atoms with van der Waals surface area (Å²) in [6.07, 6.45) is -1.39. The number of aliphatic hydroxyl groups excluding tert-OH is 1. The second-order valence-corrected chi connectivity index (χ2v) is 4.59. The lowest BCUT2D eigenvalue weighted by Gasteiger charge is -2.34. The number of hydrogen-bond acceptors (Lipinski definition) is 3. The Morgan fingerprint density at radius 2 is 2.26 bits per heavy atom. The number of carbonyl (C=O) groups is 1. The number of halogens is 1. The minimum absolute atomic E-state index is 0.0493. The third-order valence-corrected chi connectivity index (χ3v) is 3.46. The van der Waals surface area contributed by atoms with Gasteiger partial charge in [-0.3, -0.25) is 0 Å². The third-order valence-electron chi connectivity index (χ3n) is 3.46. The van der Waals surface area contributed by atoms with E-state index in [2.05, 4.69) is 0 Å². The standard InChI is InChI=1S/C13H16FNO4/c1-19-12-3-2-8(6-10(12)14)9-4-5-15(13(17)18)7-11(9)16/h2-3,6,9,11,16H,4-5,7H2,1H3,(H,17,18). The summed E-state index contributed by atoms with van der Waals surface area (Å²) in [7, 11) is 1.39. The van der Waals surface area contributed by atoms with Crippen molar-refractivity contribution in [3.63, 3.8) is 0 Å². The summed E-state index contributed by atoms with van der Waals surface area (Å²) in [4.78, 5) is 12.0. The molecule has 0 radical (unpaired) electrons. The second-order valence-electron chi connectivity index (χ2n) is 4.59. The van der Waals surface area contributed by atoms with Crippen molar-refractivity contribution in [1.82, 2.24) is 4.90 Å². The first-order chi connectivity index (χ1) is 9.02. The fourth-order valence-electron chi connectivity index (χ4n) is 2.41. The lowest BCUT2D eigenvalue weighted by Crippen LogP contribution is -2.45. The van der Waals surface area contributed by atoms with Crippen LogP contribution in [0.4, 0.5) is 9.18 Å². The SMILES string of the molecule is COc1ccc(C2CCN(C(=O)O)CC2O)cc1F. The van der Waals surface area contributed by atoms with Gasteiger partial charge in [-0.25, -0.2) is 9.18 Å². The molecule has 104 valence electrons. The predicted octanol–water partition coefficient (Wildman–Crippen LogP) is 1.66. The van der Waals surface area contributed by atoms with Crippen LogP contribution in [0.5, 0.6) is 5.75 Å². The molecule has 1 heterocycles. The molecule has 1 amide bonds. The Morgan fingerprint density at radius 3 is 2.79 bits per heavy atom. The van der Waals surface area contributed by atoms with Gasteiger partial charge in [-0.15, -0.1) is 0 Å². The zero-order chi connectivity index (χ0) is 14.0. The van der Waals surface area contributed by atoms with Gasteiger partial charge in [0.25, 0.3) is 0 Å². The number of hydrogen-bond donors (Lipinski definition) is 2. The molecule has 0 spiro atoms. The Balaban J connectivity index is 2.15. The number of likely N-dealkylation sites (tertiary alicyclic amines) is 1. The van der Waals surface area contributed by atoms with Crippen molar-refractivity contribution in [3.05, 3.63) is 29.6 Å². The fraction of sp³-hybridized carbons (Fsp3) is 0.462. The average molecular weight is 269 g/mol. The molecular weight excluding hydrogens is 253 g/mol. The highest BCUT2D eigenvalue weighted by atomic mass is 19.1. The number of aliphatic hydroxyl groups is 1. The summed E-state index contributed by atoms with van der Waals surface area (Å²) < 4.78 is 18.5. The van der Waals surface area contributed by atoms with E-state index in [0.717, 1.165) is 0 Å². The largest absolute Gasteiger partial charge is 0.494 e. The van der Waals surface area contributed by atoms with Crippen LogP contribution in [0.3, 0.4) is 0 Å². The van der Waals surface area contributed by atoms with Crippen molar-refractivity contribution in [2.24, 2.45) is 0 Å². The summed E-state index contributed by atoms with van der Waals surface area (Å²) in [5.74, 6) is -0.579. The zero-order valence-electron chi connectivity index (χ0n) is 10.5. The van der Waals surface area contributed by atoms with Gasteiger partial charge in [0.1, 0.15) is 0 Å². The number of β-amino-alcohol motifs (C(OH)–C–C–N with tert-alkyl or cyclic N) is 1. The first kappa shape index (κ1) is 13.6. The Morgan fingerprint density at radius 1 is 1.53 bits per heavy atom. The average Bonchev–Trinajstić information content (AvgIpc) is 2.38. The number of ether oxygens (including phenoxy) is 1. The van der Waals surface area contributed by atoms with Gasteiger partial charge in [-0.05, 0) is 24.1 Å². The summed E-state index contributed by atoms with van der Waals surface area (Å²) in [5, 5.41) is 18.9. The Bertz CT molecular complexity index is 480. The normalized spacial score (nSPS) is 23.2. The molecule has 1 aromatic carbocycles. The molecule has 0 bridgehead atoms. The minimum atomic E-state index is -1.04. The van der Waals surface area contributed by atoms with Gasteiger partial charge < -0.3 is 19.8 Å². The van der Waals surface area contributed by atoms with E-state index in [1.807, 2.05) is 0 Å². The summed E-state index contributed by atoms with van der Waals surface area (Å²) in [5.41, 5.74) is 0.663. The third kappa shape index (κ3) is 2.78. The monoisotopic (exact) mass is 269 g/mol. The van der Waals surface area contributed by atoms with Crippen LogP contribution < -0.4 is 4.74 Å². The first-order valence-corrected chi connectivity index (χ1v) is 6.02. The van der Waals surface area contributed by atoms with Crippen LogP contribution in [0, 0.1) is 5.82 Å². The molecule has 5 nitrogen and oxygen atoms in total. The quantitative estimate of drug-likeness (QED) is 0.856. The van der Waals surface area contributed by atoms with Crippen molar-refractivity contribution >= 4 is 6.09 Å². The van der Waals surface area contributed by atoms with Gasteiger partial charge >= 0.3 is 6.09 Å². The highest BCUT2D eigenvalue weighted by Crippen LogP contribution is 2.31. The van der Waals surface area contributed by atoms with E-state index < -0.39 is 18.0 Å². The van der Waals surface area contributed by atoms with Crippen molar-refractivity contribution in [2.45, 2.75) is 18.4 Å². The van der Waals surface area contributed by atoms with Crippen molar-refractivity contribution in [3.8, 4) is 5.75 Å². The van der Waals surface area contributed by atoms with E-state index in [1.165, 1.54) is 24.1 Å². The molecule has 2 atom stereocenters. The number of rotatable bonds is 2. The van der Waals surface area contributed by atoms with Gasteiger partial charge in [0, 0.05) is 12.5 Å². The minimum Gasteiger partial charge on any atom is -0.494 e. The van der Waals surface area contributed by atoms with Gasteiger partial charge in [0.05, 0.1) is 19.8 Å². The highest BCUT2D eigenvalue weighted by Gasteiger charge is 2.31. The fourth-order valence-corrected chi connectivity index (χ4v) is 2.41. The molecule has 6 heteroatoms. The van der Waals surface area contributed by atoms with Crippen LogP contribution in [0.25, 0.3) is 0 Å². The molecule has 1 aliphatic heterocycles. The smallest absolute Gasteiger partial charge is 0.407 e. The maximum absolute atomic E-state index is 13.6. The number of piperidine rings is 1. The predicted molar refractivity (Wildman–Crippen MR) is 65.9 cm³/mol. The van der Waals surface area contributed by atoms with Crippen molar-refractivity contribution in [2.75, 3.05) is 20.2 Å². The van der Waals surface area contributed by atoms with E-state index in [1.54, 1.807) is 6.07 Å². The topological polar surface area (TPSA) is 70.0 Å². The van der Waals surface area contributed by atoms with Gasteiger partial charge in [-0.2, -0.15) is 0 Å². The Kier molecular flexibility index (Phi) is 3.90. The molecule has 1 saturated heterocycles. The number of benzene rings is 1. The van der Waals surface area contributed by atoms with E-state index in [9.17, 15) is 14.3 Å². The van der Waals surface area contributed by atoms with Gasteiger partial charge in [0.2, 0.25) is 0 Å². The van der Waals surface area contributed by atoms with Crippen LogP contribution in [0.1, 0.15) is 17.9 Å². The molecule has 2 unspecified atom stereocenters. The Labute approximate surface area is 110 Å². The number of nitrogens with zero attached hydrogens (tertiary/aromatic N) is 1. The van der Waals surface area contributed by atoms with Gasteiger partial charge in [0.15, 0.2) is 11.6 Å². The first-order valence-electron chi connectivity index (χ1n) is 6.02. The van der Waals surface area contributed by atoms with E-state index in [4.69, 9.17) is 9.84 Å². The lowest BCUT2D eigenvalue weighted by atomic mass is 9.87. The summed E-state index contributed by atoms with van der Waals surface area (Å²) in [6, 6.07) is 4.55. The summed E-state index contributed by atoms with van der Waals surface area (Å²) in [6.45, 7) is 0.387. The van der Waals surface area contributed by atoms with E-state index >= 15 is 0 Å². The molecule has 2 N–H and O–H groups in total. The zero-order valence-corrected chi connectivity index (χ0v) is 10.5. The van der Waals surface area contributed by atoms with E-state index in [0.29, 0.717) is 18.5 Å². The van der Waals surface area contributed by atoms with Crippen LogP contribution >= 0.6 is 0 Å². The molecule has 19 heavy (non-hydrogen) atoms. The molecule has 2 rings (SSSR count). The molecule has 1 fully saturated rings. The molecule has 1 aromatic rings. The molecular formula is C13H16FNO4. The lowest BCUT2D eigenvalue weighted by molar-refractivity contribution is 0.0503. The van der Waals surface area contributed by atoms with Crippen LogP contribution in [-0.4, -0.2) is 47.5 Å². The summed E-state index contributed by atoms with van der Waals surface area (Å²) >= 11 is 0. The van der Waals surface area contributed by atoms with Crippen LogP contribution in [0.15, 0.2) is 18.2 Å². The molecule has 0 aromatic heterocycles. The van der Waals surface area contributed by atoms with Crippen LogP contribution in [0.2, 0.25) is 0 Å². The maximum atomic E-state index is 13.6. The molecule has 1 aliphatic rings.